The van der Waals surface area contributed by atoms with Gasteiger partial charge in [-0.25, -0.2) is 13.8 Å². The summed E-state index contributed by atoms with van der Waals surface area (Å²) >= 11 is 0. The Morgan fingerprint density at radius 3 is 2.40 bits per heavy atom. The van der Waals surface area contributed by atoms with Crippen LogP contribution in [0.2, 0.25) is 0 Å². The third kappa shape index (κ3) is 4.23. The molecule has 0 bridgehead atoms. The Balaban J connectivity index is 1.45. The Morgan fingerprint density at radius 2 is 1.76 bits per heavy atom. The molecule has 3 rings (SSSR count). The smallest absolute Gasteiger partial charge is 0.224 e. The van der Waals surface area contributed by atoms with Gasteiger partial charge in [-0.2, -0.15) is 0 Å². The molecule has 2 heterocycles. The lowest BCUT2D eigenvalue weighted by molar-refractivity contribution is -0.131. The van der Waals surface area contributed by atoms with Crippen molar-refractivity contribution in [1.82, 2.24) is 9.88 Å². The maximum absolute atomic E-state index is 13.5. The first-order chi connectivity index (χ1) is 12.1. The van der Waals surface area contributed by atoms with E-state index in [1.54, 1.807) is 11.1 Å². The summed E-state index contributed by atoms with van der Waals surface area (Å²) in [7, 11) is 0. The number of halogens is 2. The summed E-state index contributed by atoms with van der Waals surface area (Å²) in [6.07, 6.45) is 1.94. The molecule has 1 aliphatic heterocycles. The van der Waals surface area contributed by atoms with Crippen molar-refractivity contribution in [2.45, 2.75) is 6.42 Å². The first-order valence-electron chi connectivity index (χ1n) is 8.27. The summed E-state index contributed by atoms with van der Waals surface area (Å²) in [5.41, 5.74) is -0.185. The number of amides is 1. The lowest BCUT2D eigenvalue weighted by atomic mass is 10.2. The monoisotopic (exact) mass is 346 g/mol. The van der Waals surface area contributed by atoms with Crippen LogP contribution in [0, 0.1) is 11.6 Å². The van der Waals surface area contributed by atoms with Gasteiger partial charge < -0.3 is 15.1 Å². The Labute approximate surface area is 145 Å². The van der Waals surface area contributed by atoms with Crippen molar-refractivity contribution < 1.29 is 13.6 Å². The largest absolute Gasteiger partial charge is 0.380 e. The predicted octanol–water partition coefficient (Wildman–Crippen LogP) is 2.51. The number of benzene rings is 1. The number of piperazine rings is 1. The predicted molar refractivity (Wildman–Crippen MR) is 92.5 cm³/mol. The molecule has 0 atom stereocenters. The van der Waals surface area contributed by atoms with Crippen LogP contribution < -0.4 is 10.2 Å². The fourth-order valence-corrected chi connectivity index (χ4v) is 2.84. The average Bonchev–Trinajstić information content (AvgIpc) is 2.65. The highest BCUT2D eigenvalue weighted by Gasteiger charge is 2.21. The summed E-state index contributed by atoms with van der Waals surface area (Å²) in [5.74, 6) is -0.427. The fraction of sp³-hybridized carbons (Fsp3) is 0.333. The van der Waals surface area contributed by atoms with Gasteiger partial charge in [-0.05, 0) is 24.3 Å². The van der Waals surface area contributed by atoms with Gasteiger partial charge >= 0.3 is 0 Å². The van der Waals surface area contributed by atoms with Gasteiger partial charge in [-0.1, -0.05) is 12.1 Å². The summed E-state index contributed by atoms with van der Waals surface area (Å²) in [5, 5.41) is 2.67. The van der Waals surface area contributed by atoms with Crippen LogP contribution in [0.4, 0.5) is 20.3 Å². The van der Waals surface area contributed by atoms with E-state index >= 15 is 0 Å². The summed E-state index contributed by atoms with van der Waals surface area (Å²) in [4.78, 5) is 20.5. The van der Waals surface area contributed by atoms with Crippen molar-refractivity contribution in [3.05, 3.63) is 54.2 Å². The molecule has 1 aromatic carbocycles. The number of aromatic nitrogens is 1. The van der Waals surface area contributed by atoms with Gasteiger partial charge in [0, 0.05) is 45.3 Å². The van der Waals surface area contributed by atoms with Gasteiger partial charge in [-0.15, -0.1) is 0 Å². The molecule has 2 aromatic rings. The molecule has 1 amide bonds. The van der Waals surface area contributed by atoms with Crippen LogP contribution in [0.15, 0.2) is 42.6 Å². The molecule has 1 N–H and O–H groups in total. The van der Waals surface area contributed by atoms with Gasteiger partial charge in [0.25, 0.3) is 0 Å². The number of nitrogens with one attached hydrogen (secondary N) is 1. The van der Waals surface area contributed by atoms with Crippen LogP contribution in [0.3, 0.4) is 0 Å². The Kier molecular flexibility index (Phi) is 5.42. The maximum atomic E-state index is 13.5. The van der Waals surface area contributed by atoms with Crippen molar-refractivity contribution in [2.75, 3.05) is 42.9 Å². The zero-order valence-corrected chi connectivity index (χ0v) is 13.8. The standard InChI is InChI=1S/C18H20F2N4O/c19-14-4-3-5-15(20)18(14)22-9-7-17(25)24-12-10-23(11-13-24)16-6-1-2-8-21-16/h1-6,8,22H,7,9-13H2. The number of carbonyl (C=O) groups excluding carboxylic acids is 1. The fourth-order valence-electron chi connectivity index (χ4n) is 2.84. The van der Waals surface area contributed by atoms with Gasteiger partial charge in [0.05, 0.1) is 0 Å². The second kappa shape index (κ2) is 7.92. The van der Waals surface area contributed by atoms with E-state index in [0.29, 0.717) is 13.1 Å². The van der Waals surface area contributed by atoms with E-state index in [1.165, 1.54) is 18.2 Å². The summed E-state index contributed by atoms with van der Waals surface area (Å²) < 4.78 is 27.0. The number of rotatable bonds is 5. The minimum Gasteiger partial charge on any atom is -0.380 e. The van der Waals surface area contributed by atoms with Crippen LogP contribution in [-0.4, -0.2) is 48.5 Å². The molecule has 25 heavy (non-hydrogen) atoms. The highest BCUT2D eigenvalue weighted by molar-refractivity contribution is 5.77. The summed E-state index contributed by atoms with van der Waals surface area (Å²) in [6, 6.07) is 9.43. The molecule has 0 aliphatic carbocycles. The highest BCUT2D eigenvalue weighted by atomic mass is 19.1. The molecule has 132 valence electrons. The second-order valence-corrected chi connectivity index (χ2v) is 5.83. The molecule has 1 fully saturated rings. The number of carbonyl (C=O) groups is 1. The van der Waals surface area contributed by atoms with E-state index in [4.69, 9.17) is 0 Å². The molecule has 7 heteroatoms. The minimum absolute atomic E-state index is 0.0232. The quantitative estimate of drug-likeness (QED) is 0.904. The third-order valence-electron chi connectivity index (χ3n) is 4.21. The molecule has 0 spiro atoms. The van der Waals surface area contributed by atoms with Crippen molar-refractivity contribution in [3.63, 3.8) is 0 Å². The Hall–Kier alpha value is -2.70. The average molecular weight is 346 g/mol. The zero-order valence-electron chi connectivity index (χ0n) is 13.8. The molecular formula is C18H20F2N4O. The van der Waals surface area contributed by atoms with E-state index < -0.39 is 11.6 Å². The minimum atomic E-state index is -0.656. The molecule has 1 aliphatic rings. The van der Waals surface area contributed by atoms with Crippen LogP contribution >= 0.6 is 0 Å². The lowest BCUT2D eigenvalue weighted by Gasteiger charge is -2.35. The normalized spacial score (nSPS) is 14.5. The second-order valence-electron chi connectivity index (χ2n) is 5.83. The van der Waals surface area contributed by atoms with Crippen LogP contribution in [0.5, 0.6) is 0 Å². The third-order valence-corrected chi connectivity index (χ3v) is 4.21. The van der Waals surface area contributed by atoms with Gasteiger partial charge in [-0.3, -0.25) is 4.79 Å². The van der Waals surface area contributed by atoms with E-state index in [1.807, 2.05) is 18.2 Å². The van der Waals surface area contributed by atoms with E-state index in [9.17, 15) is 13.6 Å². The molecule has 0 radical (unpaired) electrons. The Bertz CT molecular complexity index is 698. The summed E-state index contributed by atoms with van der Waals surface area (Å²) in [6.45, 7) is 2.86. The van der Waals surface area contributed by atoms with Crippen molar-refractivity contribution >= 4 is 17.4 Å². The number of hydrogen-bond acceptors (Lipinski definition) is 4. The van der Waals surface area contributed by atoms with Crippen LogP contribution in [0.1, 0.15) is 6.42 Å². The molecule has 0 unspecified atom stereocenters. The molecule has 0 saturated carbocycles. The van der Waals surface area contributed by atoms with Crippen LogP contribution in [0.25, 0.3) is 0 Å². The first kappa shape index (κ1) is 17.1. The van der Waals surface area contributed by atoms with Crippen molar-refractivity contribution in [2.24, 2.45) is 0 Å². The lowest BCUT2D eigenvalue weighted by Crippen LogP contribution is -2.49. The first-order valence-corrected chi connectivity index (χ1v) is 8.27. The van der Waals surface area contributed by atoms with Gasteiger partial charge in [0.1, 0.15) is 23.1 Å². The SMILES string of the molecule is O=C(CCNc1c(F)cccc1F)N1CCN(c2ccccn2)CC1. The van der Waals surface area contributed by atoms with Crippen molar-refractivity contribution in [1.29, 1.82) is 0 Å². The number of anilines is 2. The van der Waals surface area contributed by atoms with E-state index in [2.05, 4.69) is 15.2 Å². The number of hydrogen-bond donors (Lipinski definition) is 1. The van der Waals surface area contributed by atoms with Crippen LogP contribution in [-0.2, 0) is 4.79 Å². The number of pyridine rings is 1. The Morgan fingerprint density at radius 1 is 1.04 bits per heavy atom. The van der Waals surface area contributed by atoms with Gasteiger partial charge in [0.2, 0.25) is 5.91 Å². The maximum Gasteiger partial charge on any atom is 0.224 e. The van der Waals surface area contributed by atoms with Crippen molar-refractivity contribution in [3.8, 4) is 0 Å². The highest BCUT2D eigenvalue weighted by Crippen LogP contribution is 2.18. The molecule has 1 saturated heterocycles. The molecule has 1 aromatic heterocycles. The molecule has 5 nitrogen and oxygen atoms in total. The molecular weight excluding hydrogens is 326 g/mol. The van der Waals surface area contributed by atoms with E-state index in [-0.39, 0.29) is 24.6 Å². The zero-order chi connectivity index (χ0) is 17.6. The van der Waals surface area contributed by atoms with Gasteiger partial charge in [0.15, 0.2) is 0 Å². The topological polar surface area (TPSA) is 48.5 Å². The number of nitrogens with zero attached hydrogens (tertiary/aromatic N) is 3. The van der Waals surface area contributed by atoms with E-state index in [0.717, 1.165) is 18.9 Å². The number of para-hydroxylation sites is 1.